The third-order valence-corrected chi connectivity index (χ3v) is 6.10. The van der Waals surface area contributed by atoms with Crippen molar-refractivity contribution in [3.8, 4) is 0 Å². The Labute approximate surface area is 204 Å². The highest BCUT2D eigenvalue weighted by molar-refractivity contribution is 8.00. The van der Waals surface area contributed by atoms with Crippen molar-refractivity contribution in [1.29, 1.82) is 0 Å². The number of alkyl halides is 3. The van der Waals surface area contributed by atoms with Crippen LogP contribution in [0.25, 0.3) is 0 Å². The number of halogens is 3. The van der Waals surface area contributed by atoms with Crippen LogP contribution >= 0.6 is 11.8 Å². The molecule has 1 aliphatic heterocycles. The van der Waals surface area contributed by atoms with Gasteiger partial charge in [0.25, 0.3) is 5.91 Å². The summed E-state index contributed by atoms with van der Waals surface area (Å²) in [5.41, 5.74) is -4.68. The zero-order valence-corrected chi connectivity index (χ0v) is 20.2. The van der Waals surface area contributed by atoms with Crippen LogP contribution in [-0.4, -0.2) is 45.6 Å². The Morgan fingerprint density at radius 1 is 1.17 bits per heavy atom. The highest BCUT2D eigenvalue weighted by Crippen LogP contribution is 2.39. The number of benzene rings is 1. The molecule has 188 valence electrons. The molecule has 0 saturated carbocycles. The van der Waals surface area contributed by atoms with E-state index >= 15 is 0 Å². The number of aromatic nitrogens is 1. The molecule has 8 nitrogen and oxygen atoms in total. The molecule has 2 aromatic rings. The number of pyridine rings is 1. The average molecular weight is 511 g/mol. The molecule has 1 aromatic carbocycles. The number of ether oxygens (including phenoxy) is 1. The van der Waals surface area contributed by atoms with E-state index in [2.05, 4.69) is 10.3 Å². The summed E-state index contributed by atoms with van der Waals surface area (Å²) in [6.45, 7) is 5.36. The van der Waals surface area contributed by atoms with E-state index in [1.54, 1.807) is 19.9 Å². The number of carbonyl (C=O) groups is 3. The second-order valence-corrected chi connectivity index (χ2v) is 9.40. The summed E-state index contributed by atoms with van der Waals surface area (Å²) in [5.74, 6) is -0.527. The van der Waals surface area contributed by atoms with Gasteiger partial charge >= 0.3 is 17.6 Å². The molecule has 1 aliphatic rings. The van der Waals surface area contributed by atoms with E-state index in [1.807, 2.05) is 6.92 Å². The number of nitrogens with one attached hydrogen (secondary N) is 1. The maximum absolute atomic E-state index is 13.3. The van der Waals surface area contributed by atoms with Gasteiger partial charge in [-0.3, -0.25) is 15.1 Å². The van der Waals surface area contributed by atoms with Crippen molar-refractivity contribution in [2.24, 2.45) is 0 Å². The molecule has 0 atom stereocenters. The average Bonchev–Trinajstić information content (AvgIpc) is 2.94. The van der Waals surface area contributed by atoms with Gasteiger partial charge < -0.3 is 9.64 Å². The first-order valence-electron chi connectivity index (χ1n) is 10.8. The smallest absolute Gasteiger partial charge is 0.446 e. The predicted octanol–water partition coefficient (Wildman–Crippen LogP) is 5.79. The summed E-state index contributed by atoms with van der Waals surface area (Å²) in [6.07, 6.45) is 3.84. The summed E-state index contributed by atoms with van der Waals surface area (Å²) in [7, 11) is 0. The molecule has 3 rings (SSSR count). The topological polar surface area (TPSA) is 91.8 Å². The van der Waals surface area contributed by atoms with Crippen LogP contribution < -0.4 is 10.2 Å². The number of unbranched alkanes of at least 4 members (excludes halogenated alkanes) is 1. The lowest BCUT2D eigenvalue weighted by atomic mass is 10.0. The monoisotopic (exact) mass is 510 g/mol. The molecule has 35 heavy (non-hydrogen) atoms. The van der Waals surface area contributed by atoms with E-state index < -0.39 is 29.1 Å². The minimum Gasteiger partial charge on any atom is -0.449 e. The van der Waals surface area contributed by atoms with Gasteiger partial charge in [0.2, 0.25) is 0 Å². The van der Waals surface area contributed by atoms with E-state index in [9.17, 15) is 27.6 Å². The van der Waals surface area contributed by atoms with Crippen LogP contribution in [0.15, 0.2) is 47.6 Å². The number of urea groups is 1. The van der Waals surface area contributed by atoms with Gasteiger partial charge in [0.05, 0.1) is 30.7 Å². The fourth-order valence-electron chi connectivity index (χ4n) is 3.42. The number of imide groups is 1. The molecule has 0 radical (unpaired) electrons. The fraction of sp³-hybridized carbons (Fsp3) is 0.391. The molecular formula is C23H25F3N4O4S. The standard InChI is InChI=1S/C23H25F3N4O4S/c1-4-5-12-34-20(32)28-18-13-27-11-10-15(18)14-29-21(33)30(19(31)22(29,2)3)16-6-8-17(9-7-16)35-23(24,25)26/h6-11,13H,4-5,12,14H2,1-3H3,(H,28,32). The van der Waals surface area contributed by atoms with Crippen molar-refractivity contribution in [1.82, 2.24) is 9.88 Å². The van der Waals surface area contributed by atoms with Gasteiger partial charge in [-0.25, -0.2) is 14.5 Å². The van der Waals surface area contributed by atoms with E-state index in [4.69, 9.17) is 4.74 Å². The van der Waals surface area contributed by atoms with Crippen molar-refractivity contribution < 1.29 is 32.3 Å². The molecule has 0 spiro atoms. The summed E-state index contributed by atoms with van der Waals surface area (Å²) in [4.78, 5) is 44.7. The van der Waals surface area contributed by atoms with Crippen molar-refractivity contribution >= 4 is 41.2 Å². The van der Waals surface area contributed by atoms with Crippen LogP contribution in [0, 0.1) is 0 Å². The Hall–Kier alpha value is -3.28. The Morgan fingerprint density at radius 2 is 1.86 bits per heavy atom. The zero-order chi connectivity index (χ0) is 25.8. The number of hydrogen-bond donors (Lipinski definition) is 1. The molecule has 0 bridgehead atoms. The molecule has 12 heteroatoms. The number of nitrogens with zero attached hydrogens (tertiary/aromatic N) is 3. The van der Waals surface area contributed by atoms with E-state index in [1.165, 1.54) is 41.6 Å². The van der Waals surface area contributed by atoms with Gasteiger partial charge in [0, 0.05) is 11.1 Å². The van der Waals surface area contributed by atoms with Gasteiger partial charge in [-0.1, -0.05) is 13.3 Å². The summed E-state index contributed by atoms with van der Waals surface area (Å²) >= 11 is -0.281. The second-order valence-electron chi connectivity index (χ2n) is 8.26. The maximum Gasteiger partial charge on any atom is 0.446 e. The maximum atomic E-state index is 13.3. The number of carbonyl (C=O) groups excluding carboxylic acids is 3. The first-order chi connectivity index (χ1) is 16.4. The van der Waals surface area contributed by atoms with Crippen LogP contribution in [0.3, 0.4) is 0 Å². The van der Waals surface area contributed by atoms with Crippen LogP contribution in [0.5, 0.6) is 0 Å². The Morgan fingerprint density at radius 3 is 2.49 bits per heavy atom. The summed E-state index contributed by atoms with van der Waals surface area (Å²) < 4.78 is 43.0. The quantitative estimate of drug-likeness (QED) is 0.275. The molecule has 1 N–H and O–H groups in total. The third kappa shape index (κ3) is 6.24. The molecule has 1 saturated heterocycles. The molecule has 4 amide bonds. The van der Waals surface area contributed by atoms with Crippen molar-refractivity contribution in [3.05, 3.63) is 48.3 Å². The van der Waals surface area contributed by atoms with Crippen molar-refractivity contribution in [2.45, 2.75) is 56.1 Å². The minimum atomic E-state index is -4.45. The Kier molecular flexibility index (Phi) is 7.93. The van der Waals surface area contributed by atoms with Gasteiger partial charge in [-0.15, -0.1) is 0 Å². The number of amides is 4. The van der Waals surface area contributed by atoms with E-state index in [0.717, 1.165) is 17.7 Å². The lowest BCUT2D eigenvalue weighted by Crippen LogP contribution is -2.43. The predicted molar refractivity (Wildman–Crippen MR) is 125 cm³/mol. The minimum absolute atomic E-state index is 0.0246. The van der Waals surface area contributed by atoms with Crippen LogP contribution in [-0.2, 0) is 16.1 Å². The molecular weight excluding hydrogens is 485 g/mol. The highest BCUT2D eigenvalue weighted by atomic mass is 32.2. The van der Waals surface area contributed by atoms with Crippen LogP contribution in [0.2, 0.25) is 0 Å². The largest absolute Gasteiger partial charge is 0.449 e. The first kappa shape index (κ1) is 26.3. The first-order valence-corrected chi connectivity index (χ1v) is 11.6. The third-order valence-electron chi connectivity index (χ3n) is 5.36. The van der Waals surface area contributed by atoms with Gasteiger partial charge in [0.1, 0.15) is 5.54 Å². The lowest BCUT2D eigenvalue weighted by Gasteiger charge is -2.28. The van der Waals surface area contributed by atoms with Gasteiger partial charge in [-0.05, 0) is 67.9 Å². The molecule has 2 heterocycles. The normalized spacial score (nSPS) is 15.5. The Balaban J connectivity index is 1.80. The molecule has 0 unspecified atom stereocenters. The molecule has 1 aromatic heterocycles. The van der Waals surface area contributed by atoms with Gasteiger partial charge in [-0.2, -0.15) is 13.2 Å². The number of thioether (sulfide) groups is 1. The number of anilines is 2. The zero-order valence-electron chi connectivity index (χ0n) is 19.4. The van der Waals surface area contributed by atoms with Crippen molar-refractivity contribution in [3.63, 3.8) is 0 Å². The Bertz CT molecular complexity index is 1090. The van der Waals surface area contributed by atoms with Crippen molar-refractivity contribution in [2.75, 3.05) is 16.8 Å². The van der Waals surface area contributed by atoms with Crippen LogP contribution in [0.1, 0.15) is 39.2 Å². The highest BCUT2D eigenvalue weighted by Gasteiger charge is 2.51. The van der Waals surface area contributed by atoms with E-state index in [0.29, 0.717) is 11.3 Å². The van der Waals surface area contributed by atoms with E-state index in [-0.39, 0.29) is 35.5 Å². The molecule has 0 aliphatic carbocycles. The fourth-order valence-corrected chi connectivity index (χ4v) is 3.96. The van der Waals surface area contributed by atoms with Crippen LogP contribution in [0.4, 0.5) is 34.1 Å². The summed E-state index contributed by atoms with van der Waals surface area (Å²) in [5, 5.41) is 2.61. The number of rotatable bonds is 8. The number of hydrogen-bond acceptors (Lipinski definition) is 6. The lowest BCUT2D eigenvalue weighted by molar-refractivity contribution is -0.123. The second kappa shape index (κ2) is 10.5. The SMILES string of the molecule is CCCCOC(=O)Nc1cnccc1CN1C(=O)N(c2ccc(SC(F)(F)F)cc2)C(=O)C1(C)C. The summed E-state index contributed by atoms with van der Waals surface area (Å²) in [6, 6.07) is 5.99. The molecule has 1 fully saturated rings. The van der Waals surface area contributed by atoms with Gasteiger partial charge in [0.15, 0.2) is 0 Å².